The van der Waals surface area contributed by atoms with Crippen molar-refractivity contribution in [1.29, 1.82) is 0 Å². The standard InChI is InChI=1S/C9H10FN3O2/c10-8-5-7(13(14)15)4-6(9(8)12)2-1-3-11/h1-2,4-5H,3,11-12H2. The molecule has 0 aliphatic carbocycles. The number of non-ortho nitro benzene ring substituents is 1. The molecule has 0 saturated heterocycles. The van der Waals surface area contributed by atoms with Gasteiger partial charge in [-0.15, -0.1) is 0 Å². The minimum atomic E-state index is -0.805. The number of anilines is 1. The van der Waals surface area contributed by atoms with Crippen molar-refractivity contribution < 1.29 is 9.31 Å². The van der Waals surface area contributed by atoms with Gasteiger partial charge in [-0.05, 0) is 0 Å². The maximum absolute atomic E-state index is 13.1. The van der Waals surface area contributed by atoms with E-state index in [0.717, 1.165) is 6.07 Å². The number of nitro groups is 1. The SMILES string of the molecule is NCC=Cc1cc([N+](=O)[O-])cc(F)c1N. The molecule has 1 aromatic rings. The number of nitrogens with zero attached hydrogens (tertiary/aromatic N) is 1. The highest BCUT2D eigenvalue weighted by Crippen LogP contribution is 2.24. The van der Waals surface area contributed by atoms with Crippen LogP contribution in [0, 0.1) is 15.9 Å². The highest BCUT2D eigenvalue weighted by atomic mass is 19.1. The van der Waals surface area contributed by atoms with Gasteiger partial charge in [0, 0.05) is 18.2 Å². The summed E-state index contributed by atoms with van der Waals surface area (Å²) in [7, 11) is 0. The average molecular weight is 211 g/mol. The molecule has 6 heteroatoms. The van der Waals surface area contributed by atoms with Gasteiger partial charge in [0.05, 0.1) is 16.7 Å². The van der Waals surface area contributed by atoms with Crippen molar-refractivity contribution in [2.75, 3.05) is 12.3 Å². The lowest BCUT2D eigenvalue weighted by atomic mass is 10.1. The molecular weight excluding hydrogens is 201 g/mol. The molecule has 0 saturated carbocycles. The zero-order valence-corrected chi connectivity index (χ0v) is 7.81. The van der Waals surface area contributed by atoms with Gasteiger partial charge in [0.15, 0.2) is 5.82 Å². The van der Waals surface area contributed by atoms with Crippen LogP contribution in [-0.2, 0) is 0 Å². The van der Waals surface area contributed by atoms with Crippen molar-refractivity contribution in [2.45, 2.75) is 0 Å². The Kier molecular flexibility index (Phi) is 3.35. The van der Waals surface area contributed by atoms with E-state index in [2.05, 4.69) is 0 Å². The van der Waals surface area contributed by atoms with Crippen LogP contribution in [-0.4, -0.2) is 11.5 Å². The number of benzene rings is 1. The molecular formula is C9H10FN3O2. The summed E-state index contributed by atoms with van der Waals surface area (Å²) in [6.07, 6.45) is 2.99. The number of nitrogens with two attached hydrogens (primary N) is 2. The molecule has 0 spiro atoms. The molecule has 0 bridgehead atoms. The number of rotatable bonds is 3. The third-order valence-corrected chi connectivity index (χ3v) is 1.79. The maximum Gasteiger partial charge on any atom is 0.273 e. The Labute approximate surface area is 85.3 Å². The summed E-state index contributed by atoms with van der Waals surface area (Å²) >= 11 is 0. The first-order valence-electron chi connectivity index (χ1n) is 4.16. The molecule has 0 atom stereocenters. The summed E-state index contributed by atoms with van der Waals surface area (Å²) in [6.45, 7) is 0.254. The Morgan fingerprint density at radius 2 is 2.20 bits per heavy atom. The molecule has 0 heterocycles. The second-order valence-corrected chi connectivity index (χ2v) is 2.83. The Bertz CT molecular complexity index is 418. The molecule has 1 rings (SSSR count). The van der Waals surface area contributed by atoms with Crippen LogP contribution in [0.15, 0.2) is 18.2 Å². The Hall–Kier alpha value is -1.95. The van der Waals surface area contributed by atoms with E-state index in [1.165, 1.54) is 18.2 Å². The summed E-state index contributed by atoms with van der Waals surface area (Å²) in [5, 5.41) is 10.4. The van der Waals surface area contributed by atoms with Gasteiger partial charge in [-0.3, -0.25) is 10.1 Å². The van der Waals surface area contributed by atoms with E-state index in [4.69, 9.17) is 11.5 Å². The molecule has 0 fully saturated rings. The molecule has 0 aliphatic heterocycles. The molecule has 0 aliphatic rings. The molecule has 15 heavy (non-hydrogen) atoms. The van der Waals surface area contributed by atoms with Gasteiger partial charge >= 0.3 is 0 Å². The third-order valence-electron chi connectivity index (χ3n) is 1.79. The van der Waals surface area contributed by atoms with Crippen molar-refractivity contribution in [1.82, 2.24) is 0 Å². The number of hydrogen-bond acceptors (Lipinski definition) is 4. The van der Waals surface area contributed by atoms with Crippen LogP contribution in [0.1, 0.15) is 5.56 Å². The lowest BCUT2D eigenvalue weighted by Gasteiger charge is -2.01. The second kappa shape index (κ2) is 4.52. The predicted octanol–water partition coefficient (Wildman–Crippen LogP) is 1.29. The predicted molar refractivity (Wildman–Crippen MR) is 55.6 cm³/mol. The topological polar surface area (TPSA) is 95.2 Å². The average Bonchev–Trinajstić information content (AvgIpc) is 2.19. The van der Waals surface area contributed by atoms with E-state index in [-0.39, 0.29) is 23.5 Å². The first-order valence-corrected chi connectivity index (χ1v) is 4.16. The molecule has 4 N–H and O–H groups in total. The van der Waals surface area contributed by atoms with Crippen LogP contribution in [0.5, 0.6) is 0 Å². The van der Waals surface area contributed by atoms with E-state index in [0.29, 0.717) is 0 Å². The van der Waals surface area contributed by atoms with E-state index in [9.17, 15) is 14.5 Å². The van der Waals surface area contributed by atoms with Gasteiger partial charge in [-0.2, -0.15) is 0 Å². The highest BCUT2D eigenvalue weighted by molar-refractivity contribution is 5.68. The van der Waals surface area contributed by atoms with E-state index in [1.807, 2.05) is 0 Å². The zero-order valence-electron chi connectivity index (χ0n) is 7.81. The van der Waals surface area contributed by atoms with Gasteiger partial charge in [-0.25, -0.2) is 4.39 Å². The fraction of sp³-hybridized carbons (Fsp3) is 0.111. The van der Waals surface area contributed by atoms with Gasteiger partial charge < -0.3 is 11.5 Å². The van der Waals surface area contributed by atoms with Crippen molar-refractivity contribution >= 4 is 17.5 Å². The largest absolute Gasteiger partial charge is 0.396 e. The highest BCUT2D eigenvalue weighted by Gasteiger charge is 2.12. The lowest BCUT2D eigenvalue weighted by molar-refractivity contribution is -0.385. The Morgan fingerprint density at radius 1 is 1.53 bits per heavy atom. The zero-order chi connectivity index (χ0) is 11.4. The maximum atomic E-state index is 13.1. The fourth-order valence-corrected chi connectivity index (χ4v) is 1.06. The van der Waals surface area contributed by atoms with Crippen molar-refractivity contribution in [3.63, 3.8) is 0 Å². The molecule has 0 unspecified atom stereocenters. The van der Waals surface area contributed by atoms with Crippen molar-refractivity contribution in [3.05, 3.63) is 39.7 Å². The quantitative estimate of drug-likeness (QED) is 0.447. The number of hydrogen-bond donors (Lipinski definition) is 2. The minimum Gasteiger partial charge on any atom is -0.396 e. The molecule has 80 valence electrons. The van der Waals surface area contributed by atoms with Crippen LogP contribution < -0.4 is 11.5 Å². The molecule has 0 amide bonds. The first-order chi connectivity index (χ1) is 7.06. The number of nitro benzene ring substituents is 1. The molecule has 0 aromatic heterocycles. The Balaban J connectivity index is 3.24. The second-order valence-electron chi connectivity index (χ2n) is 2.83. The van der Waals surface area contributed by atoms with E-state index >= 15 is 0 Å². The van der Waals surface area contributed by atoms with Gasteiger partial charge in [-0.1, -0.05) is 12.2 Å². The van der Waals surface area contributed by atoms with Crippen molar-refractivity contribution in [2.24, 2.45) is 5.73 Å². The molecule has 1 aromatic carbocycles. The van der Waals surface area contributed by atoms with Gasteiger partial charge in [0.2, 0.25) is 0 Å². The van der Waals surface area contributed by atoms with Crippen LogP contribution >= 0.6 is 0 Å². The number of halogens is 1. The third kappa shape index (κ3) is 2.50. The normalized spacial score (nSPS) is 10.8. The van der Waals surface area contributed by atoms with Gasteiger partial charge in [0.25, 0.3) is 5.69 Å². The van der Waals surface area contributed by atoms with Gasteiger partial charge in [0.1, 0.15) is 0 Å². The lowest BCUT2D eigenvalue weighted by Crippen LogP contribution is -1.98. The minimum absolute atomic E-state index is 0.120. The summed E-state index contributed by atoms with van der Waals surface area (Å²) in [6, 6.07) is 1.99. The smallest absolute Gasteiger partial charge is 0.273 e. The fourth-order valence-electron chi connectivity index (χ4n) is 1.06. The van der Waals surface area contributed by atoms with Crippen LogP contribution in [0.25, 0.3) is 6.08 Å². The molecule has 0 radical (unpaired) electrons. The van der Waals surface area contributed by atoms with Crippen molar-refractivity contribution in [3.8, 4) is 0 Å². The summed E-state index contributed by atoms with van der Waals surface area (Å²) in [5.74, 6) is -0.805. The van der Waals surface area contributed by atoms with E-state index < -0.39 is 10.7 Å². The summed E-state index contributed by atoms with van der Waals surface area (Å²) in [4.78, 5) is 9.76. The monoisotopic (exact) mass is 211 g/mol. The van der Waals surface area contributed by atoms with E-state index in [1.54, 1.807) is 0 Å². The van der Waals surface area contributed by atoms with Crippen LogP contribution in [0.4, 0.5) is 15.8 Å². The number of nitrogen functional groups attached to an aromatic ring is 1. The van der Waals surface area contributed by atoms with Crippen LogP contribution in [0.3, 0.4) is 0 Å². The summed E-state index contributed by atoms with van der Waals surface area (Å²) < 4.78 is 13.1. The Morgan fingerprint density at radius 3 is 2.73 bits per heavy atom. The van der Waals surface area contributed by atoms with Crippen LogP contribution in [0.2, 0.25) is 0 Å². The first kappa shape index (κ1) is 11.1. The summed E-state index contributed by atoms with van der Waals surface area (Å²) in [5.41, 5.74) is 10.4. The molecule has 5 nitrogen and oxygen atoms in total.